The Morgan fingerprint density at radius 2 is 1.83 bits per heavy atom. The molecule has 0 aromatic carbocycles. The fraction of sp³-hybridized carbons (Fsp3) is 0.875. The molecule has 0 radical (unpaired) electrons. The molecule has 1 atom stereocenters. The third kappa shape index (κ3) is 6.96. The van der Waals surface area contributed by atoms with Crippen molar-refractivity contribution in [2.45, 2.75) is 51.0 Å². The van der Waals surface area contributed by atoms with Crippen LogP contribution in [0.1, 0.15) is 44.9 Å². The van der Waals surface area contributed by atoms with E-state index in [1.807, 2.05) is 11.9 Å². The first-order chi connectivity index (χ1) is 10.7. The Hall–Kier alpha value is -1.01. The van der Waals surface area contributed by atoms with Crippen LogP contribution < -0.4 is 16.0 Å². The Bertz CT molecular complexity index is 373. The highest BCUT2D eigenvalue weighted by atomic mass is 35.5. The number of amides is 3. The van der Waals surface area contributed by atoms with E-state index in [4.69, 9.17) is 0 Å². The van der Waals surface area contributed by atoms with Gasteiger partial charge < -0.3 is 20.9 Å². The molecule has 2 rings (SSSR count). The molecule has 0 aromatic rings. The van der Waals surface area contributed by atoms with Gasteiger partial charge in [0, 0.05) is 19.1 Å². The fourth-order valence-electron chi connectivity index (χ4n) is 3.50. The Morgan fingerprint density at radius 1 is 1.09 bits per heavy atom. The highest BCUT2D eigenvalue weighted by Gasteiger charge is 2.23. The van der Waals surface area contributed by atoms with Crippen molar-refractivity contribution in [1.29, 1.82) is 0 Å². The first-order valence-electron chi connectivity index (χ1n) is 8.65. The van der Waals surface area contributed by atoms with E-state index in [0.29, 0.717) is 5.92 Å². The molecule has 0 spiro atoms. The van der Waals surface area contributed by atoms with Gasteiger partial charge in [-0.05, 0) is 45.2 Å². The number of rotatable bonds is 5. The number of carbonyl (C=O) groups is 2. The van der Waals surface area contributed by atoms with Crippen LogP contribution in [-0.2, 0) is 4.79 Å². The minimum absolute atomic E-state index is 0. The van der Waals surface area contributed by atoms with Crippen LogP contribution in [0.15, 0.2) is 0 Å². The van der Waals surface area contributed by atoms with Crippen molar-refractivity contribution >= 4 is 24.3 Å². The third-order valence-electron chi connectivity index (χ3n) is 4.71. The smallest absolute Gasteiger partial charge is 0.315 e. The largest absolute Gasteiger partial charge is 0.341 e. The van der Waals surface area contributed by atoms with Crippen LogP contribution in [0.2, 0.25) is 0 Å². The lowest BCUT2D eigenvalue weighted by Crippen LogP contribution is -2.49. The highest BCUT2D eigenvalue weighted by molar-refractivity contribution is 5.85. The number of urea groups is 1. The maximum atomic E-state index is 12.2. The van der Waals surface area contributed by atoms with Gasteiger partial charge in [0.25, 0.3) is 0 Å². The van der Waals surface area contributed by atoms with E-state index in [9.17, 15) is 9.59 Å². The minimum Gasteiger partial charge on any atom is -0.341 e. The van der Waals surface area contributed by atoms with Gasteiger partial charge in [0.15, 0.2) is 0 Å². The summed E-state index contributed by atoms with van der Waals surface area (Å²) in [4.78, 5) is 26.0. The van der Waals surface area contributed by atoms with Crippen molar-refractivity contribution < 1.29 is 9.59 Å². The second-order valence-electron chi connectivity index (χ2n) is 6.57. The lowest BCUT2D eigenvalue weighted by molar-refractivity contribution is -0.131. The van der Waals surface area contributed by atoms with Crippen molar-refractivity contribution in [3.63, 3.8) is 0 Å². The molecule has 2 fully saturated rings. The fourth-order valence-corrected chi connectivity index (χ4v) is 3.50. The molecule has 1 saturated carbocycles. The number of nitrogens with one attached hydrogen (secondary N) is 3. The number of piperidine rings is 1. The molecule has 0 bridgehead atoms. The topological polar surface area (TPSA) is 73.5 Å². The minimum atomic E-state index is -0.205. The summed E-state index contributed by atoms with van der Waals surface area (Å²) in [7, 11) is 1.94. The lowest BCUT2D eigenvalue weighted by atomic mass is 9.96. The summed E-state index contributed by atoms with van der Waals surface area (Å²) in [6.45, 7) is 2.65. The summed E-state index contributed by atoms with van der Waals surface area (Å²) >= 11 is 0. The van der Waals surface area contributed by atoms with Crippen LogP contribution in [0.5, 0.6) is 0 Å². The summed E-state index contributed by atoms with van der Waals surface area (Å²) in [6, 6.07) is 0.0721. The van der Waals surface area contributed by atoms with E-state index in [-0.39, 0.29) is 36.9 Å². The molecule has 1 heterocycles. The van der Waals surface area contributed by atoms with Gasteiger partial charge in [-0.15, -0.1) is 12.4 Å². The molecule has 0 aromatic heterocycles. The third-order valence-corrected chi connectivity index (χ3v) is 4.71. The molecule has 7 heteroatoms. The summed E-state index contributed by atoms with van der Waals surface area (Å²) in [6.07, 6.45) is 7.96. The number of carbonyl (C=O) groups excluding carboxylic acids is 2. The van der Waals surface area contributed by atoms with E-state index in [0.717, 1.165) is 38.9 Å². The average Bonchev–Trinajstić information content (AvgIpc) is 2.54. The molecule has 1 aliphatic carbocycles. The Balaban J connectivity index is 0.00000264. The Labute approximate surface area is 145 Å². The van der Waals surface area contributed by atoms with E-state index in [2.05, 4.69) is 16.0 Å². The number of hydrogen-bond donors (Lipinski definition) is 3. The number of halogens is 1. The van der Waals surface area contributed by atoms with Gasteiger partial charge in [-0.1, -0.05) is 19.3 Å². The number of nitrogens with zero attached hydrogens (tertiary/aromatic N) is 1. The molecule has 3 N–H and O–H groups in total. The van der Waals surface area contributed by atoms with Crippen LogP contribution in [0.3, 0.4) is 0 Å². The maximum absolute atomic E-state index is 12.2. The lowest BCUT2D eigenvalue weighted by Gasteiger charge is -2.33. The number of likely N-dealkylation sites (tertiary alicyclic amines) is 1. The molecule has 2 aliphatic rings. The van der Waals surface area contributed by atoms with Crippen LogP contribution >= 0.6 is 12.4 Å². The van der Waals surface area contributed by atoms with Gasteiger partial charge in [-0.2, -0.15) is 0 Å². The summed E-state index contributed by atoms with van der Waals surface area (Å²) < 4.78 is 0. The van der Waals surface area contributed by atoms with Crippen LogP contribution in [0, 0.1) is 5.92 Å². The molecule has 1 aliphatic heterocycles. The quantitative estimate of drug-likeness (QED) is 0.706. The van der Waals surface area contributed by atoms with Gasteiger partial charge in [-0.3, -0.25) is 4.79 Å². The van der Waals surface area contributed by atoms with Crippen molar-refractivity contribution in [3.05, 3.63) is 0 Å². The van der Waals surface area contributed by atoms with Gasteiger partial charge >= 0.3 is 6.03 Å². The maximum Gasteiger partial charge on any atom is 0.315 e. The van der Waals surface area contributed by atoms with E-state index < -0.39 is 0 Å². The van der Waals surface area contributed by atoms with Crippen LogP contribution in [0.25, 0.3) is 0 Å². The van der Waals surface area contributed by atoms with Crippen LogP contribution in [0.4, 0.5) is 4.79 Å². The van der Waals surface area contributed by atoms with Gasteiger partial charge in [-0.25, -0.2) is 4.79 Å². The second-order valence-corrected chi connectivity index (χ2v) is 6.57. The molecule has 134 valence electrons. The monoisotopic (exact) mass is 346 g/mol. The zero-order valence-electron chi connectivity index (χ0n) is 14.1. The molecular formula is C16H31ClN4O2. The first kappa shape index (κ1) is 20.0. The zero-order chi connectivity index (χ0) is 15.8. The predicted octanol–water partition coefficient (Wildman–Crippen LogP) is 1.50. The molecule has 3 amide bonds. The standard InChI is InChI=1S/C16H30N4O2.ClH/c1-17-10-13-6-5-9-20(12-13)15(21)11-18-16(22)19-14-7-3-2-4-8-14;/h13-14,17H,2-12H2,1H3,(H2,18,19,22);1H. The van der Waals surface area contributed by atoms with Gasteiger partial charge in [0.05, 0.1) is 6.54 Å². The van der Waals surface area contributed by atoms with E-state index in [1.54, 1.807) is 0 Å². The van der Waals surface area contributed by atoms with E-state index in [1.165, 1.54) is 25.7 Å². The molecule has 1 saturated heterocycles. The van der Waals surface area contributed by atoms with Crippen LogP contribution in [-0.4, -0.2) is 56.1 Å². The predicted molar refractivity (Wildman–Crippen MR) is 93.9 cm³/mol. The molecule has 6 nitrogen and oxygen atoms in total. The Morgan fingerprint density at radius 3 is 2.52 bits per heavy atom. The number of hydrogen-bond acceptors (Lipinski definition) is 3. The first-order valence-corrected chi connectivity index (χ1v) is 8.65. The van der Waals surface area contributed by atoms with Gasteiger partial charge in [0.2, 0.25) is 5.91 Å². The summed E-state index contributed by atoms with van der Waals surface area (Å²) in [5, 5.41) is 8.87. The summed E-state index contributed by atoms with van der Waals surface area (Å²) in [5.74, 6) is 0.554. The average molecular weight is 347 g/mol. The Kier molecular flexibility index (Phi) is 9.33. The van der Waals surface area contributed by atoms with Gasteiger partial charge in [0.1, 0.15) is 0 Å². The van der Waals surface area contributed by atoms with E-state index >= 15 is 0 Å². The zero-order valence-corrected chi connectivity index (χ0v) is 14.9. The summed E-state index contributed by atoms with van der Waals surface area (Å²) in [5.41, 5.74) is 0. The second kappa shape index (κ2) is 10.7. The SMILES string of the molecule is CNCC1CCCN(C(=O)CNC(=O)NC2CCCCC2)C1.Cl. The highest BCUT2D eigenvalue weighted by Crippen LogP contribution is 2.17. The van der Waals surface area contributed by atoms with Crippen molar-refractivity contribution in [3.8, 4) is 0 Å². The molecule has 23 heavy (non-hydrogen) atoms. The van der Waals surface area contributed by atoms with Crippen molar-refractivity contribution in [2.75, 3.05) is 33.2 Å². The normalized spacial score (nSPS) is 22.1. The van der Waals surface area contributed by atoms with Crippen molar-refractivity contribution in [1.82, 2.24) is 20.9 Å². The van der Waals surface area contributed by atoms with Crippen molar-refractivity contribution in [2.24, 2.45) is 5.92 Å². The molecular weight excluding hydrogens is 316 g/mol. The molecule has 1 unspecified atom stereocenters.